The van der Waals surface area contributed by atoms with E-state index in [0.717, 1.165) is 11.1 Å². The Balaban J connectivity index is 1.75. The third kappa shape index (κ3) is 5.93. The van der Waals surface area contributed by atoms with Gasteiger partial charge in [0.15, 0.2) is 5.82 Å². The molecule has 4 aromatic carbocycles. The molecule has 180 valence electrons. The number of halogens is 2. The number of rotatable bonds is 9. The van der Waals surface area contributed by atoms with Crippen molar-refractivity contribution in [2.24, 2.45) is 5.11 Å². The maximum absolute atomic E-state index is 15.8. The van der Waals surface area contributed by atoms with Gasteiger partial charge in [-0.1, -0.05) is 89.5 Å². The Morgan fingerprint density at radius 3 is 2.19 bits per heavy atom. The number of para-hydroxylation sites is 1. The van der Waals surface area contributed by atoms with Gasteiger partial charge >= 0.3 is 5.97 Å². The van der Waals surface area contributed by atoms with Gasteiger partial charge in [-0.2, -0.15) is 0 Å². The van der Waals surface area contributed by atoms with Gasteiger partial charge in [0.25, 0.3) is 0 Å². The van der Waals surface area contributed by atoms with E-state index in [2.05, 4.69) is 15.3 Å². The fraction of sp³-hybridized carbons (Fsp3) is 0.0741. The molecule has 0 fully saturated rings. The van der Waals surface area contributed by atoms with Crippen LogP contribution in [0.25, 0.3) is 10.4 Å². The maximum Gasteiger partial charge on any atom is 0.340 e. The van der Waals surface area contributed by atoms with Gasteiger partial charge in [0, 0.05) is 4.91 Å². The van der Waals surface area contributed by atoms with Gasteiger partial charge in [0.2, 0.25) is 0 Å². The summed E-state index contributed by atoms with van der Waals surface area (Å²) in [5.41, 5.74) is 10.2. The minimum absolute atomic E-state index is 0.0227. The van der Waals surface area contributed by atoms with Crippen molar-refractivity contribution in [3.63, 3.8) is 0 Å². The van der Waals surface area contributed by atoms with Gasteiger partial charge in [0.1, 0.15) is 24.7 Å². The summed E-state index contributed by atoms with van der Waals surface area (Å²) in [5, 5.41) is 6.64. The fourth-order valence-corrected chi connectivity index (χ4v) is 3.56. The number of esters is 1. The monoisotopic (exact) mass is 502 g/mol. The van der Waals surface area contributed by atoms with E-state index in [1.54, 1.807) is 36.4 Å². The van der Waals surface area contributed by atoms with E-state index in [4.69, 9.17) is 26.6 Å². The summed E-state index contributed by atoms with van der Waals surface area (Å²) in [6.45, 7) is 0.0369. The van der Waals surface area contributed by atoms with Crippen molar-refractivity contribution in [2.75, 3.05) is 5.32 Å². The summed E-state index contributed by atoms with van der Waals surface area (Å²) in [6, 6.07) is 26.2. The highest BCUT2D eigenvalue weighted by molar-refractivity contribution is 6.33. The van der Waals surface area contributed by atoms with Crippen LogP contribution in [0.15, 0.2) is 96.1 Å². The SMILES string of the molecule is [N-]=[N+]=Nc1c(OCc2ccccc2)cc(C(=O)OCc2ccccc2)c(Nc2ccccc2Cl)c1F. The van der Waals surface area contributed by atoms with Gasteiger partial charge in [0.05, 0.1) is 22.0 Å². The molecule has 0 bridgehead atoms. The van der Waals surface area contributed by atoms with Gasteiger partial charge in [-0.05, 0) is 34.9 Å². The number of anilines is 2. The Kier molecular flexibility index (Phi) is 8.03. The number of azide groups is 1. The van der Waals surface area contributed by atoms with Crippen molar-refractivity contribution in [3.05, 3.63) is 129 Å². The first-order chi connectivity index (χ1) is 17.6. The van der Waals surface area contributed by atoms with E-state index in [1.165, 1.54) is 6.07 Å². The molecule has 4 rings (SSSR count). The Hall–Kier alpha value is -4.52. The van der Waals surface area contributed by atoms with Crippen molar-refractivity contribution in [1.82, 2.24) is 0 Å². The average Bonchev–Trinajstić information content (AvgIpc) is 2.91. The van der Waals surface area contributed by atoms with Crippen molar-refractivity contribution in [3.8, 4) is 5.75 Å². The molecule has 0 radical (unpaired) electrons. The standard InChI is InChI=1S/C27H20ClFN4O3/c28-21-13-7-8-14-22(21)31-25-20(27(34)36-17-19-11-5-2-6-12-19)15-23(26(24(25)29)32-33-30)35-16-18-9-3-1-4-10-18/h1-15,31H,16-17H2. The van der Waals surface area contributed by atoms with Crippen LogP contribution in [0.2, 0.25) is 5.02 Å². The predicted molar refractivity (Wildman–Crippen MR) is 136 cm³/mol. The molecule has 0 aliphatic heterocycles. The highest BCUT2D eigenvalue weighted by Crippen LogP contribution is 2.41. The van der Waals surface area contributed by atoms with Crippen LogP contribution in [-0.2, 0) is 18.0 Å². The van der Waals surface area contributed by atoms with Crippen LogP contribution in [0.1, 0.15) is 21.5 Å². The number of hydrogen-bond acceptors (Lipinski definition) is 5. The summed E-state index contributed by atoms with van der Waals surface area (Å²) in [4.78, 5) is 15.9. The number of benzene rings is 4. The van der Waals surface area contributed by atoms with E-state index < -0.39 is 17.5 Å². The Morgan fingerprint density at radius 1 is 0.944 bits per heavy atom. The Labute approximate surface area is 211 Å². The molecule has 0 heterocycles. The average molecular weight is 503 g/mol. The Morgan fingerprint density at radius 2 is 1.56 bits per heavy atom. The molecule has 7 nitrogen and oxygen atoms in total. The van der Waals surface area contributed by atoms with Crippen LogP contribution < -0.4 is 10.1 Å². The molecule has 0 aliphatic carbocycles. The van der Waals surface area contributed by atoms with Gasteiger partial charge in [-0.15, -0.1) is 0 Å². The third-order valence-corrected chi connectivity index (χ3v) is 5.48. The van der Waals surface area contributed by atoms with Crippen LogP contribution in [0.5, 0.6) is 5.75 Å². The molecule has 0 atom stereocenters. The first kappa shape index (κ1) is 24.6. The fourth-order valence-electron chi connectivity index (χ4n) is 3.38. The smallest absolute Gasteiger partial charge is 0.340 e. The largest absolute Gasteiger partial charge is 0.488 e. The molecule has 0 spiro atoms. The summed E-state index contributed by atoms with van der Waals surface area (Å²) in [7, 11) is 0. The lowest BCUT2D eigenvalue weighted by molar-refractivity contribution is 0.0473. The van der Waals surface area contributed by atoms with Crippen LogP contribution in [-0.4, -0.2) is 5.97 Å². The second-order valence-electron chi connectivity index (χ2n) is 7.59. The molecule has 0 unspecified atom stereocenters. The Bertz CT molecular complexity index is 1410. The zero-order chi connectivity index (χ0) is 25.3. The van der Waals surface area contributed by atoms with Crippen LogP contribution in [0, 0.1) is 5.82 Å². The summed E-state index contributed by atoms with van der Waals surface area (Å²) < 4.78 is 27.0. The molecule has 36 heavy (non-hydrogen) atoms. The zero-order valence-electron chi connectivity index (χ0n) is 18.9. The molecule has 0 aromatic heterocycles. The zero-order valence-corrected chi connectivity index (χ0v) is 19.7. The van der Waals surface area contributed by atoms with Crippen molar-refractivity contribution >= 4 is 34.6 Å². The topological polar surface area (TPSA) is 96.3 Å². The molecule has 0 saturated heterocycles. The number of carbonyl (C=O) groups excluding carboxylic acids is 1. The normalized spacial score (nSPS) is 10.3. The maximum atomic E-state index is 15.8. The molecule has 9 heteroatoms. The van der Waals surface area contributed by atoms with Crippen LogP contribution in [0.4, 0.5) is 21.5 Å². The summed E-state index contributed by atoms with van der Waals surface area (Å²) >= 11 is 6.24. The van der Waals surface area contributed by atoms with Crippen LogP contribution >= 0.6 is 11.6 Å². The second kappa shape index (κ2) is 11.8. The highest BCUT2D eigenvalue weighted by atomic mass is 35.5. The summed E-state index contributed by atoms with van der Waals surface area (Å²) in [6.07, 6.45) is 0. The first-order valence-corrected chi connectivity index (χ1v) is 11.3. The molecular weight excluding hydrogens is 483 g/mol. The summed E-state index contributed by atoms with van der Waals surface area (Å²) in [5.74, 6) is -1.89. The molecule has 0 saturated carbocycles. The lowest BCUT2D eigenvalue weighted by atomic mass is 10.1. The molecule has 0 aliphatic rings. The van der Waals surface area contributed by atoms with Crippen molar-refractivity contribution < 1.29 is 18.7 Å². The highest BCUT2D eigenvalue weighted by Gasteiger charge is 2.25. The van der Waals surface area contributed by atoms with E-state index in [9.17, 15) is 4.79 Å². The second-order valence-corrected chi connectivity index (χ2v) is 8.00. The van der Waals surface area contributed by atoms with Crippen molar-refractivity contribution in [1.29, 1.82) is 0 Å². The molecule has 0 amide bonds. The lowest BCUT2D eigenvalue weighted by Gasteiger charge is -2.18. The number of carbonyl (C=O) groups is 1. The van der Waals surface area contributed by atoms with E-state index in [0.29, 0.717) is 10.7 Å². The minimum atomic E-state index is -0.982. The van der Waals surface area contributed by atoms with E-state index in [1.807, 2.05) is 48.5 Å². The minimum Gasteiger partial charge on any atom is -0.488 e. The number of nitrogens with one attached hydrogen (secondary N) is 1. The third-order valence-electron chi connectivity index (χ3n) is 5.15. The van der Waals surface area contributed by atoms with Gasteiger partial charge in [-0.3, -0.25) is 0 Å². The number of hydrogen-bond donors (Lipinski definition) is 1. The molecule has 1 N–H and O–H groups in total. The number of nitrogens with zero attached hydrogens (tertiary/aromatic N) is 3. The predicted octanol–water partition coefficient (Wildman–Crippen LogP) is 8.10. The quantitative estimate of drug-likeness (QED) is 0.108. The van der Waals surface area contributed by atoms with Crippen LogP contribution in [0.3, 0.4) is 0 Å². The molecular formula is C27H20ClFN4O3. The number of ether oxygens (including phenoxy) is 2. The van der Waals surface area contributed by atoms with Gasteiger partial charge in [-0.25, -0.2) is 9.18 Å². The molecule has 4 aromatic rings. The van der Waals surface area contributed by atoms with Gasteiger partial charge < -0.3 is 14.8 Å². The van der Waals surface area contributed by atoms with E-state index >= 15 is 4.39 Å². The van der Waals surface area contributed by atoms with E-state index in [-0.39, 0.29) is 30.2 Å². The van der Waals surface area contributed by atoms with Crippen molar-refractivity contribution in [2.45, 2.75) is 13.2 Å². The first-order valence-electron chi connectivity index (χ1n) is 10.9. The lowest BCUT2D eigenvalue weighted by Crippen LogP contribution is -2.11.